The fourth-order valence-electron chi connectivity index (χ4n) is 10.5. The molecule has 0 aromatic carbocycles. The van der Waals surface area contributed by atoms with E-state index in [2.05, 4.69) is 0 Å². The molecule has 4 aliphatic rings. The Kier molecular flexibility index (Phi) is 18.8. The van der Waals surface area contributed by atoms with Crippen LogP contribution in [0.25, 0.3) is 0 Å². The second kappa shape index (κ2) is 26.7. The van der Waals surface area contributed by atoms with Crippen molar-refractivity contribution in [1.82, 2.24) is 4.90 Å². The van der Waals surface area contributed by atoms with E-state index in [0.29, 0.717) is 44.1 Å². The highest BCUT2D eigenvalue weighted by atomic mass is 31.2. The van der Waals surface area contributed by atoms with Gasteiger partial charge in [0.1, 0.15) is 35.7 Å². The summed E-state index contributed by atoms with van der Waals surface area (Å²) in [7, 11) is 1.28. The van der Waals surface area contributed by atoms with E-state index in [1.54, 1.807) is 38.2 Å². The molecular formula is C55H88NO13P. The Labute approximate surface area is 429 Å². The second-order valence-corrected chi connectivity index (χ2v) is 23.5. The molecule has 14 nitrogen and oxygen atoms in total. The average molecular weight is 1010 g/mol. The number of esters is 1. The average Bonchev–Trinajstić information content (AvgIpc) is 3.34. The van der Waals surface area contributed by atoms with Crippen LogP contribution in [0.3, 0.4) is 0 Å². The lowest BCUT2D eigenvalue weighted by atomic mass is 9.67. The zero-order valence-electron chi connectivity index (χ0n) is 50.7. The van der Waals surface area contributed by atoms with Crippen molar-refractivity contribution in [3.8, 4) is 0 Å². The van der Waals surface area contributed by atoms with E-state index >= 15 is 0 Å². The van der Waals surface area contributed by atoms with Crippen molar-refractivity contribution < 1.29 is 71.8 Å². The van der Waals surface area contributed by atoms with Crippen LogP contribution in [0.1, 0.15) is 142 Å². The molecule has 3 fully saturated rings. The molecule has 1 amide bonds. The summed E-state index contributed by atoms with van der Waals surface area (Å²) in [6, 6.07) is -1.37. The first kappa shape index (κ1) is 49.1. The Morgan fingerprint density at radius 1 is 0.943 bits per heavy atom. The molecule has 396 valence electrons. The summed E-state index contributed by atoms with van der Waals surface area (Å²) in [5.74, 6) is -14.5. The number of aliphatic hydroxyl groups is 2. The normalized spacial score (nSPS) is 44.2. The van der Waals surface area contributed by atoms with Gasteiger partial charge in [0.25, 0.3) is 11.7 Å². The molecule has 2 aliphatic heterocycles. The highest BCUT2D eigenvalue weighted by molar-refractivity contribution is 7.57. The minimum atomic E-state index is -3.03. The number of Topliss-reactive ketones (excluding diaryl/α,β-unsaturated/α-hetero) is 3. The van der Waals surface area contributed by atoms with Crippen molar-refractivity contribution in [3.05, 3.63) is 47.6 Å². The number of nitrogens with zero attached hydrogens (tertiary/aromatic N) is 1. The van der Waals surface area contributed by atoms with Gasteiger partial charge in [0.05, 0.1) is 18.3 Å². The number of rotatable bonds is 8. The van der Waals surface area contributed by atoms with Gasteiger partial charge in [-0.25, -0.2) is 4.79 Å². The zero-order chi connectivity index (χ0) is 58.4. The molecular weight excluding hydrogens is 914 g/mol. The van der Waals surface area contributed by atoms with Crippen LogP contribution in [0.2, 0.25) is 0 Å². The first-order chi connectivity index (χ1) is 35.5. The van der Waals surface area contributed by atoms with Gasteiger partial charge >= 0.3 is 5.97 Å². The first-order valence-electron chi connectivity index (χ1n) is 28.5. The molecule has 1 unspecified atom stereocenters. The van der Waals surface area contributed by atoms with E-state index in [1.165, 1.54) is 75.4 Å². The minimum Gasteiger partial charge on any atom is -0.460 e. The molecule has 2 N–H and O–H groups in total. The SMILES string of the molecule is [2H]C([2H])([2H])[C@@H]1/C=C(\C)[C@@H](O)[C@@H](OC)C(=O)[C@H](C)C([2H])(C)[C@]([2H])(C)/C=C/C=C/C=C(\C)[C@@H](OC)C[C@@H]2CC([2H])([2H])[C@@H](C)[C@@](O)(C2)C(=O)C(=O)N2CCCC[C@H]2C(=O)O[C@H]([C@H](C)C[C@@H]2CC[C@@H](OP(C)(C)=O)[C@H](OC)C2)CC1=O. The third kappa shape index (κ3) is 15.7. The number of allylic oxidation sites excluding steroid dienone is 6. The molecule has 0 aromatic heterocycles. The van der Waals surface area contributed by atoms with Crippen LogP contribution in [0.5, 0.6) is 0 Å². The Morgan fingerprint density at radius 3 is 2.30 bits per heavy atom. The molecule has 2 aliphatic carbocycles. The monoisotopic (exact) mass is 1010 g/mol. The topological polar surface area (TPSA) is 192 Å². The molecule has 70 heavy (non-hydrogen) atoms. The van der Waals surface area contributed by atoms with Crippen LogP contribution in [0, 0.1) is 47.3 Å². The molecule has 2 heterocycles. The number of aliphatic hydroxyl groups excluding tert-OH is 1. The van der Waals surface area contributed by atoms with Gasteiger partial charge in [0.15, 0.2) is 13.2 Å². The fourth-order valence-corrected chi connectivity index (χ4v) is 11.3. The number of ketones is 3. The number of amides is 1. The lowest BCUT2D eigenvalue weighted by Gasteiger charge is -2.43. The summed E-state index contributed by atoms with van der Waals surface area (Å²) in [4.78, 5) is 73.7. The first-order valence-corrected chi connectivity index (χ1v) is 27.5. The standard InChI is InChI=1S/C55H88NO13P/c1-33-19-15-14-16-20-34(2)46(65-9)30-42-23-22-38(6)55(63,32-42)52(60)53(61)56-26-18-17-21-43(56)54(62)68-47(36(4)28-41-24-25-45(48(29-41)66-10)69-70(12,13)64)31-44(57)35(3)27-37(5)49(58)51(67-11)50(59)40(8)39(33)7/h14-16,19-20,27,33,35-36,38-43,45-49,51,58,63H,17-18,21-26,28-32H2,1-13H3/b16-14+,19-15+,34-20+,37-27+/t33-,35-,36-,38-,39?,40-,41+,42+,43+,45-,46+,47+,48-,49-,51-,55+/m1/s1/i3D3,22D2,33D,39D. The summed E-state index contributed by atoms with van der Waals surface area (Å²) in [6.07, 6.45) is 2.64. The van der Waals surface area contributed by atoms with E-state index < -0.39 is 146 Å². The number of fused-ring (bicyclic) bond motifs is 3. The molecule has 2 saturated carbocycles. The van der Waals surface area contributed by atoms with Gasteiger partial charge in [-0.1, -0.05) is 77.9 Å². The van der Waals surface area contributed by atoms with Crippen molar-refractivity contribution in [2.45, 2.75) is 181 Å². The van der Waals surface area contributed by atoms with Gasteiger partial charge < -0.3 is 38.6 Å². The number of hydrogen-bond donors (Lipinski definition) is 2. The molecule has 15 heteroatoms. The maximum Gasteiger partial charge on any atom is 0.329 e. The molecule has 0 aromatic rings. The predicted octanol–water partition coefficient (Wildman–Crippen LogP) is 8.65. The highest BCUT2D eigenvalue weighted by Crippen LogP contribution is 2.45. The largest absolute Gasteiger partial charge is 0.460 e. The van der Waals surface area contributed by atoms with Crippen LogP contribution < -0.4 is 0 Å². The second-order valence-electron chi connectivity index (χ2n) is 20.8. The van der Waals surface area contributed by atoms with Crippen molar-refractivity contribution in [2.24, 2.45) is 47.3 Å². The summed E-state index contributed by atoms with van der Waals surface area (Å²) in [6.45, 7) is 10.5. The van der Waals surface area contributed by atoms with Crippen molar-refractivity contribution in [3.63, 3.8) is 0 Å². The maximum atomic E-state index is 14.7. The number of hydrogen-bond acceptors (Lipinski definition) is 13. The number of cyclic esters (lactones) is 1. The lowest BCUT2D eigenvalue weighted by Crippen LogP contribution is -2.59. The number of piperidine rings is 1. The summed E-state index contributed by atoms with van der Waals surface area (Å²) in [5.41, 5.74) is -1.89. The Bertz CT molecular complexity index is 2280. The predicted molar refractivity (Wildman–Crippen MR) is 271 cm³/mol. The Hall–Kier alpha value is -3.10. The molecule has 4 rings (SSSR count). The summed E-state index contributed by atoms with van der Waals surface area (Å²) in [5, 5.41) is 24.1. The Morgan fingerprint density at radius 2 is 1.66 bits per heavy atom. The number of carbonyl (C=O) groups is 5. The van der Waals surface area contributed by atoms with E-state index in [1.807, 2.05) is 0 Å². The van der Waals surface area contributed by atoms with Gasteiger partial charge in [0, 0.05) is 69.1 Å². The molecule has 2 bridgehead atoms. The molecule has 1 saturated heterocycles. The van der Waals surface area contributed by atoms with Crippen LogP contribution in [0.4, 0.5) is 0 Å². The van der Waals surface area contributed by atoms with Gasteiger partial charge in [-0.15, -0.1) is 0 Å². The van der Waals surface area contributed by atoms with Crippen molar-refractivity contribution in [1.29, 1.82) is 0 Å². The molecule has 16 atom stereocenters. The number of carbonyl (C=O) groups excluding carboxylic acids is 5. The van der Waals surface area contributed by atoms with Crippen LogP contribution in [-0.4, -0.2) is 134 Å². The van der Waals surface area contributed by atoms with Crippen molar-refractivity contribution in [2.75, 3.05) is 41.2 Å². The quantitative estimate of drug-likeness (QED) is 0.102. The zero-order valence-corrected chi connectivity index (χ0v) is 44.6. The molecule has 0 spiro atoms. The van der Waals surface area contributed by atoms with Crippen molar-refractivity contribution >= 4 is 36.6 Å². The smallest absolute Gasteiger partial charge is 0.329 e. The Balaban J connectivity index is 1.86. The summed E-state index contributed by atoms with van der Waals surface area (Å²) < 4.78 is 104. The lowest BCUT2D eigenvalue weighted by molar-refractivity contribution is -0.171. The molecule has 0 radical (unpaired) electrons. The third-order valence-electron chi connectivity index (χ3n) is 15.2. The van der Waals surface area contributed by atoms with Crippen LogP contribution >= 0.6 is 7.37 Å². The van der Waals surface area contributed by atoms with E-state index in [4.69, 9.17) is 30.3 Å². The van der Waals surface area contributed by atoms with E-state index in [9.17, 15) is 41.5 Å². The van der Waals surface area contributed by atoms with Gasteiger partial charge in [-0.2, -0.15) is 0 Å². The fraction of sp³-hybridized carbons (Fsp3) is 0.764. The van der Waals surface area contributed by atoms with E-state index in [0.717, 1.165) is 11.0 Å². The van der Waals surface area contributed by atoms with Gasteiger partial charge in [0.2, 0.25) is 0 Å². The van der Waals surface area contributed by atoms with Gasteiger partial charge in [-0.3, -0.25) is 23.7 Å². The third-order valence-corrected chi connectivity index (χ3v) is 16.0. The number of methoxy groups -OCH3 is 3. The van der Waals surface area contributed by atoms with Crippen LogP contribution in [0.15, 0.2) is 47.6 Å². The van der Waals surface area contributed by atoms with Crippen LogP contribution in [-0.2, 0) is 52.0 Å². The van der Waals surface area contributed by atoms with Gasteiger partial charge in [-0.05, 0) is 131 Å². The van der Waals surface area contributed by atoms with E-state index in [-0.39, 0.29) is 43.7 Å². The number of ether oxygens (including phenoxy) is 4. The summed E-state index contributed by atoms with van der Waals surface area (Å²) >= 11 is 0. The maximum absolute atomic E-state index is 14.7. The minimum absolute atomic E-state index is 0.0457. The highest BCUT2D eigenvalue weighted by Gasteiger charge is 2.51.